The van der Waals surface area contributed by atoms with E-state index in [-0.39, 0.29) is 16.9 Å². The van der Waals surface area contributed by atoms with Gasteiger partial charge < -0.3 is 9.30 Å². The van der Waals surface area contributed by atoms with Crippen LogP contribution in [0.25, 0.3) is 11.0 Å². The highest BCUT2D eigenvalue weighted by atomic mass is 35.5. The Labute approximate surface area is 126 Å². The number of nitrogens with zero attached hydrogens (tertiary/aromatic N) is 2. The number of halogens is 3. The van der Waals surface area contributed by atoms with Crippen LogP contribution in [0.5, 0.6) is 0 Å². The van der Waals surface area contributed by atoms with Gasteiger partial charge in [-0.1, -0.05) is 11.6 Å². The Bertz CT molecular complexity index is 638. The van der Waals surface area contributed by atoms with Gasteiger partial charge in [-0.15, -0.1) is 11.6 Å². The van der Waals surface area contributed by atoms with Crippen LogP contribution in [0.4, 0.5) is 4.39 Å². The maximum absolute atomic E-state index is 13.6. The van der Waals surface area contributed by atoms with Crippen LogP contribution < -0.4 is 0 Å². The van der Waals surface area contributed by atoms with Crippen molar-refractivity contribution in [1.82, 2.24) is 9.55 Å². The largest absolute Gasteiger partial charge is 0.381 e. The second-order valence-electron chi connectivity index (χ2n) is 5.15. The van der Waals surface area contributed by atoms with E-state index in [9.17, 15) is 4.39 Å². The summed E-state index contributed by atoms with van der Waals surface area (Å²) in [6.45, 7) is 3.64. The fourth-order valence-electron chi connectivity index (χ4n) is 2.83. The monoisotopic (exact) mass is 316 g/mol. The zero-order chi connectivity index (χ0) is 14.3. The van der Waals surface area contributed by atoms with Crippen molar-refractivity contribution in [1.29, 1.82) is 0 Å². The van der Waals surface area contributed by atoms with Crippen molar-refractivity contribution in [2.75, 3.05) is 13.2 Å². The number of alkyl halides is 1. The Balaban J connectivity index is 2.13. The van der Waals surface area contributed by atoms with Crippen LogP contribution in [-0.2, 0) is 10.6 Å². The summed E-state index contributed by atoms with van der Waals surface area (Å²) >= 11 is 11.9. The highest BCUT2D eigenvalue weighted by molar-refractivity contribution is 6.31. The van der Waals surface area contributed by atoms with E-state index < -0.39 is 5.82 Å². The molecule has 3 nitrogen and oxygen atoms in total. The van der Waals surface area contributed by atoms with E-state index in [0.29, 0.717) is 11.4 Å². The van der Waals surface area contributed by atoms with E-state index in [0.717, 1.165) is 31.0 Å². The van der Waals surface area contributed by atoms with Gasteiger partial charge in [-0.25, -0.2) is 9.37 Å². The van der Waals surface area contributed by atoms with Crippen molar-refractivity contribution >= 4 is 34.2 Å². The second kappa shape index (κ2) is 5.51. The summed E-state index contributed by atoms with van der Waals surface area (Å²) in [6, 6.07) is 3.18. The van der Waals surface area contributed by atoms with Crippen LogP contribution in [0.2, 0.25) is 5.02 Å². The number of hydrogen-bond donors (Lipinski definition) is 0. The molecule has 108 valence electrons. The Morgan fingerprint density at radius 2 is 2.35 bits per heavy atom. The fraction of sp³-hybridized carbons (Fsp3) is 0.500. The minimum Gasteiger partial charge on any atom is -0.381 e. The molecule has 1 aliphatic heterocycles. The number of hydrogen-bond acceptors (Lipinski definition) is 2. The molecule has 2 heterocycles. The van der Waals surface area contributed by atoms with Gasteiger partial charge in [0.15, 0.2) is 0 Å². The summed E-state index contributed by atoms with van der Waals surface area (Å²) in [5.74, 6) is 0.981. The maximum atomic E-state index is 13.6. The molecule has 3 rings (SSSR count). The van der Waals surface area contributed by atoms with E-state index in [1.54, 1.807) is 6.07 Å². The Kier molecular flexibility index (Phi) is 3.89. The first kappa shape index (κ1) is 14.1. The quantitative estimate of drug-likeness (QED) is 0.795. The van der Waals surface area contributed by atoms with Crippen LogP contribution in [0.3, 0.4) is 0 Å². The molecule has 2 unspecified atom stereocenters. The molecular weight excluding hydrogens is 302 g/mol. The summed E-state index contributed by atoms with van der Waals surface area (Å²) in [6.07, 6.45) is 1.01. The molecule has 0 aliphatic carbocycles. The van der Waals surface area contributed by atoms with Crippen molar-refractivity contribution in [2.24, 2.45) is 5.92 Å². The van der Waals surface area contributed by atoms with Crippen LogP contribution in [0, 0.1) is 11.7 Å². The number of fused-ring (bicyclic) bond motifs is 1. The summed E-state index contributed by atoms with van der Waals surface area (Å²) in [5.41, 5.74) is 1.42. The minimum absolute atomic E-state index is 0.106. The lowest BCUT2D eigenvalue weighted by Gasteiger charge is -2.22. The number of rotatable bonds is 3. The molecule has 1 fully saturated rings. The predicted molar refractivity (Wildman–Crippen MR) is 77.9 cm³/mol. The zero-order valence-electron chi connectivity index (χ0n) is 11.1. The molecule has 1 saturated heterocycles. The maximum Gasteiger partial charge on any atom is 0.144 e. The third kappa shape index (κ3) is 2.30. The van der Waals surface area contributed by atoms with E-state index >= 15 is 0 Å². The molecular formula is C14H15Cl2FN2O. The Morgan fingerprint density at radius 3 is 3.00 bits per heavy atom. The first-order valence-corrected chi connectivity index (χ1v) is 7.52. The van der Waals surface area contributed by atoms with E-state index in [1.165, 1.54) is 6.07 Å². The normalized spacial score (nSPS) is 20.7. The number of ether oxygens (including phenoxy) is 1. The average Bonchev–Trinajstić information content (AvgIpc) is 3.06. The molecule has 6 heteroatoms. The lowest BCUT2D eigenvalue weighted by Crippen LogP contribution is -2.18. The van der Waals surface area contributed by atoms with Gasteiger partial charge in [-0.05, 0) is 19.4 Å². The van der Waals surface area contributed by atoms with E-state index in [1.807, 2.05) is 0 Å². The summed E-state index contributed by atoms with van der Waals surface area (Å²) < 4.78 is 21.1. The molecule has 2 atom stereocenters. The van der Waals surface area contributed by atoms with Gasteiger partial charge in [0.05, 0.1) is 28.5 Å². The highest BCUT2D eigenvalue weighted by Gasteiger charge is 2.27. The molecule has 1 aliphatic rings. The summed E-state index contributed by atoms with van der Waals surface area (Å²) in [7, 11) is 0. The summed E-state index contributed by atoms with van der Waals surface area (Å²) in [5, 5.41) is 0.106. The molecule has 0 radical (unpaired) electrons. The van der Waals surface area contributed by atoms with Crippen LogP contribution in [0.15, 0.2) is 12.1 Å². The van der Waals surface area contributed by atoms with Gasteiger partial charge in [0, 0.05) is 24.6 Å². The van der Waals surface area contributed by atoms with Crippen LogP contribution in [-0.4, -0.2) is 22.8 Å². The first-order chi connectivity index (χ1) is 9.61. The van der Waals surface area contributed by atoms with Crippen molar-refractivity contribution in [2.45, 2.75) is 25.3 Å². The second-order valence-corrected chi connectivity index (χ2v) is 5.83. The topological polar surface area (TPSA) is 27.1 Å². The molecule has 0 spiro atoms. The third-order valence-corrected chi connectivity index (χ3v) is 4.51. The zero-order valence-corrected chi connectivity index (χ0v) is 12.6. The van der Waals surface area contributed by atoms with Gasteiger partial charge in [0.25, 0.3) is 0 Å². The average molecular weight is 317 g/mol. The van der Waals surface area contributed by atoms with Gasteiger partial charge in [-0.2, -0.15) is 0 Å². The van der Waals surface area contributed by atoms with Crippen molar-refractivity contribution in [3.63, 3.8) is 0 Å². The minimum atomic E-state index is -0.457. The highest BCUT2D eigenvalue weighted by Crippen LogP contribution is 2.33. The third-order valence-electron chi connectivity index (χ3n) is 3.98. The van der Waals surface area contributed by atoms with Crippen molar-refractivity contribution in [3.8, 4) is 0 Å². The molecule has 0 N–H and O–H groups in total. The molecule has 2 aromatic rings. The Morgan fingerprint density at radius 1 is 1.55 bits per heavy atom. The molecule has 0 amide bonds. The van der Waals surface area contributed by atoms with E-state index in [4.69, 9.17) is 27.9 Å². The van der Waals surface area contributed by atoms with Crippen molar-refractivity contribution < 1.29 is 9.13 Å². The lowest BCUT2D eigenvalue weighted by atomic mass is 10.0. The molecule has 0 saturated carbocycles. The molecule has 1 aromatic carbocycles. The van der Waals surface area contributed by atoms with E-state index in [2.05, 4.69) is 16.5 Å². The molecule has 1 aromatic heterocycles. The van der Waals surface area contributed by atoms with Gasteiger partial charge in [0.2, 0.25) is 0 Å². The summed E-state index contributed by atoms with van der Waals surface area (Å²) in [4.78, 5) is 4.42. The van der Waals surface area contributed by atoms with Gasteiger partial charge in [-0.3, -0.25) is 0 Å². The van der Waals surface area contributed by atoms with Gasteiger partial charge in [0.1, 0.15) is 11.6 Å². The van der Waals surface area contributed by atoms with Crippen LogP contribution >= 0.6 is 23.2 Å². The van der Waals surface area contributed by atoms with Gasteiger partial charge >= 0.3 is 0 Å². The number of benzene rings is 1. The number of imidazole rings is 1. The lowest BCUT2D eigenvalue weighted by molar-refractivity contribution is 0.175. The Hall–Kier alpha value is -0.840. The molecule has 20 heavy (non-hydrogen) atoms. The first-order valence-electron chi connectivity index (χ1n) is 6.61. The van der Waals surface area contributed by atoms with Crippen molar-refractivity contribution in [3.05, 3.63) is 28.8 Å². The fourth-order valence-corrected chi connectivity index (χ4v) is 3.18. The molecule has 0 bridgehead atoms. The van der Waals surface area contributed by atoms with Crippen LogP contribution in [0.1, 0.15) is 25.2 Å². The standard InChI is InChI=1S/C14H15Cl2FN2O/c1-8(9-2-3-20-7-9)19-13-4-10(16)11(17)5-12(13)18-14(19)6-15/h4-5,8-9H,2-3,6-7H2,1H3. The smallest absolute Gasteiger partial charge is 0.144 e. The predicted octanol–water partition coefficient (Wildman–Crippen LogP) is 4.17. The SMILES string of the molecule is CC(C1CCOC1)n1c(CCl)nc2cc(F)c(Cl)cc21. The number of aromatic nitrogens is 2.